The Kier molecular flexibility index (Phi) is 3.78. The molecule has 7 nitrogen and oxygen atoms in total. The second-order valence-corrected chi connectivity index (χ2v) is 5.83. The Morgan fingerprint density at radius 2 is 2.00 bits per heavy atom. The van der Waals surface area contributed by atoms with Crippen molar-refractivity contribution < 1.29 is 20.1 Å². The summed E-state index contributed by atoms with van der Waals surface area (Å²) in [5.74, 6) is 0. The molecule has 4 rings (SSSR count). The predicted molar refractivity (Wildman–Crippen MR) is 86.0 cm³/mol. The van der Waals surface area contributed by atoms with E-state index in [4.69, 9.17) is 4.74 Å². The van der Waals surface area contributed by atoms with Crippen LogP contribution in [0.1, 0.15) is 6.23 Å². The summed E-state index contributed by atoms with van der Waals surface area (Å²) >= 11 is 0. The average Bonchev–Trinajstić information content (AvgIpc) is 3.17. The van der Waals surface area contributed by atoms with Gasteiger partial charge >= 0.3 is 0 Å². The maximum Gasteiger partial charge on any atom is 0.164 e. The number of benzene rings is 1. The van der Waals surface area contributed by atoms with E-state index in [1.807, 2.05) is 30.3 Å². The zero-order valence-electron chi connectivity index (χ0n) is 12.7. The summed E-state index contributed by atoms with van der Waals surface area (Å²) in [6.45, 7) is -0.355. The molecule has 1 aromatic carbocycles. The van der Waals surface area contributed by atoms with Crippen molar-refractivity contribution in [3.05, 3.63) is 49.1 Å². The Labute approximate surface area is 137 Å². The third-order valence-electron chi connectivity index (χ3n) is 4.36. The molecule has 2 aromatic heterocycles. The van der Waals surface area contributed by atoms with Gasteiger partial charge in [0.05, 0.1) is 24.0 Å². The maximum absolute atomic E-state index is 10.2. The van der Waals surface area contributed by atoms with Gasteiger partial charge in [0, 0.05) is 18.0 Å². The molecule has 1 saturated heterocycles. The van der Waals surface area contributed by atoms with Crippen LogP contribution >= 0.6 is 0 Å². The highest BCUT2D eigenvalue weighted by Gasteiger charge is 2.43. The maximum atomic E-state index is 10.2. The van der Waals surface area contributed by atoms with Crippen LogP contribution in [0.5, 0.6) is 0 Å². The molecule has 124 valence electrons. The summed E-state index contributed by atoms with van der Waals surface area (Å²) in [4.78, 5) is 8.48. The van der Waals surface area contributed by atoms with Crippen LogP contribution in [0.4, 0.5) is 0 Å². The van der Waals surface area contributed by atoms with E-state index in [1.54, 1.807) is 23.3 Å². The van der Waals surface area contributed by atoms with Crippen molar-refractivity contribution in [2.45, 2.75) is 24.5 Å². The Hall–Kier alpha value is -2.32. The summed E-state index contributed by atoms with van der Waals surface area (Å²) in [7, 11) is 0. The second-order valence-electron chi connectivity index (χ2n) is 5.83. The van der Waals surface area contributed by atoms with Crippen LogP contribution in [0.15, 0.2) is 49.1 Å². The third-order valence-corrected chi connectivity index (χ3v) is 4.36. The highest BCUT2D eigenvalue weighted by atomic mass is 16.6. The first-order valence-electron chi connectivity index (χ1n) is 7.68. The highest BCUT2D eigenvalue weighted by molar-refractivity contribution is 5.82. The van der Waals surface area contributed by atoms with Gasteiger partial charge in [0.1, 0.15) is 18.3 Å². The molecular formula is C17H17N3O4. The highest BCUT2D eigenvalue weighted by Crippen LogP contribution is 2.32. The molecule has 0 radical (unpaired) electrons. The lowest BCUT2D eigenvalue weighted by Crippen LogP contribution is -2.33. The van der Waals surface area contributed by atoms with E-state index in [2.05, 4.69) is 9.97 Å². The number of rotatable bonds is 3. The molecule has 0 aliphatic carbocycles. The fourth-order valence-electron chi connectivity index (χ4n) is 3.06. The molecule has 1 aliphatic rings. The number of fused-ring (bicyclic) bond motifs is 1. The molecule has 0 spiro atoms. The van der Waals surface area contributed by atoms with Gasteiger partial charge in [-0.15, -0.1) is 0 Å². The van der Waals surface area contributed by atoms with Crippen LogP contribution in [0, 0.1) is 0 Å². The van der Waals surface area contributed by atoms with Crippen molar-refractivity contribution >= 4 is 11.0 Å². The van der Waals surface area contributed by atoms with Crippen molar-refractivity contribution in [1.82, 2.24) is 14.5 Å². The van der Waals surface area contributed by atoms with E-state index < -0.39 is 24.5 Å². The van der Waals surface area contributed by atoms with Gasteiger partial charge in [-0.1, -0.05) is 12.1 Å². The standard InChI is InChI=1S/C17H17N3O4/c21-8-14-15(22)16(23)17(24-14)20-9-19-12-6-10(3-4-13(12)20)11-2-1-5-18-7-11/h1-7,9,14-17,21-23H,8H2/t14-,15-,16-,17-/m1/s1. The van der Waals surface area contributed by atoms with E-state index in [-0.39, 0.29) is 6.61 Å². The van der Waals surface area contributed by atoms with Gasteiger partial charge in [0.25, 0.3) is 0 Å². The van der Waals surface area contributed by atoms with Crippen molar-refractivity contribution in [3.8, 4) is 11.1 Å². The topological polar surface area (TPSA) is 101 Å². The lowest BCUT2D eigenvalue weighted by molar-refractivity contribution is -0.0508. The molecule has 0 unspecified atom stereocenters. The minimum Gasteiger partial charge on any atom is -0.394 e. The van der Waals surface area contributed by atoms with E-state index in [9.17, 15) is 15.3 Å². The summed E-state index contributed by atoms with van der Waals surface area (Å²) in [6.07, 6.45) is 1.22. The SMILES string of the molecule is OC[C@H]1O[C@@H](n2cnc3cc(-c4cccnc4)ccc32)[C@H](O)[C@@H]1O. The quantitative estimate of drug-likeness (QED) is 0.655. The number of hydrogen-bond donors (Lipinski definition) is 3. The van der Waals surface area contributed by atoms with E-state index in [1.165, 1.54) is 0 Å². The number of ether oxygens (including phenoxy) is 1. The molecule has 3 N–H and O–H groups in total. The molecule has 4 atom stereocenters. The fraction of sp³-hybridized carbons (Fsp3) is 0.294. The van der Waals surface area contributed by atoms with E-state index in [0.717, 1.165) is 22.2 Å². The van der Waals surface area contributed by atoms with Crippen molar-refractivity contribution in [1.29, 1.82) is 0 Å². The van der Waals surface area contributed by atoms with Crippen molar-refractivity contribution in [2.24, 2.45) is 0 Å². The van der Waals surface area contributed by atoms with Gasteiger partial charge in [-0.3, -0.25) is 4.98 Å². The molecule has 1 fully saturated rings. The Bertz CT molecular complexity index is 851. The molecular weight excluding hydrogens is 310 g/mol. The van der Waals surface area contributed by atoms with E-state index >= 15 is 0 Å². The Morgan fingerprint density at radius 3 is 2.71 bits per heavy atom. The first-order valence-corrected chi connectivity index (χ1v) is 7.68. The van der Waals surface area contributed by atoms with Gasteiger partial charge in [-0.05, 0) is 23.8 Å². The average molecular weight is 327 g/mol. The van der Waals surface area contributed by atoms with Crippen LogP contribution in [0.2, 0.25) is 0 Å². The zero-order chi connectivity index (χ0) is 16.7. The molecule has 24 heavy (non-hydrogen) atoms. The summed E-state index contributed by atoms with van der Waals surface area (Å²) in [5, 5.41) is 29.3. The smallest absolute Gasteiger partial charge is 0.164 e. The Morgan fingerprint density at radius 1 is 1.12 bits per heavy atom. The molecule has 0 bridgehead atoms. The second kappa shape index (κ2) is 5.95. The number of aromatic nitrogens is 3. The minimum absolute atomic E-state index is 0.355. The normalized spacial score (nSPS) is 27.0. The molecule has 3 aromatic rings. The van der Waals surface area contributed by atoms with Crippen LogP contribution in [0.25, 0.3) is 22.2 Å². The lowest BCUT2D eigenvalue weighted by atomic mass is 10.1. The number of aliphatic hydroxyl groups excluding tert-OH is 3. The van der Waals surface area contributed by atoms with Crippen molar-refractivity contribution in [3.63, 3.8) is 0 Å². The zero-order valence-corrected chi connectivity index (χ0v) is 12.7. The van der Waals surface area contributed by atoms with Gasteiger partial charge < -0.3 is 24.6 Å². The van der Waals surface area contributed by atoms with Crippen LogP contribution in [0.3, 0.4) is 0 Å². The molecule has 0 amide bonds. The monoisotopic (exact) mass is 327 g/mol. The number of aliphatic hydroxyl groups is 3. The van der Waals surface area contributed by atoms with Gasteiger partial charge in [-0.25, -0.2) is 4.98 Å². The molecule has 0 saturated carbocycles. The Balaban J connectivity index is 1.72. The first-order chi connectivity index (χ1) is 11.7. The van der Waals surface area contributed by atoms with Gasteiger partial charge in [-0.2, -0.15) is 0 Å². The summed E-state index contributed by atoms with van der Waals surface area (Å²) in [5.41, 5.74) is 3.50. The molecule has 7 heteroatoms. The first kappa shape index (κ1) is 15.2. The predicted octanol–water partition coefficient (Wildman–Crippen LogP) is 0.710. The van der Waals surface area contributed by atoms with Crippen LogP contribution < -0.4 is 0 Å². The third kappa shape index (κ3) is 2.38. The minimum atomic E-state index is -1.13. The lowest BCUT2D eigenvalue weighted by Gasteiger charge is -2.17. The number of nitrogens with zero attached hydrogens (tertiary/aromatic N) is 3. The molecule has 3 heterocycles. The summed E-state index contributed by atoms with van der Waals surface area (Å²) < 4.78 is 7.24. The number of hydrogen-bond acceptors (Lipinski definition) is 6. The van der Waals surface area contributed by atoms with Crippen LogP contribution in [-0.4, -0.2) is 54.8 Å². The van der Waals surface area contributed by atoms with Crippen molar-refractivity contribution in [2.75, 3.05) is 6.61 Å². The fourth-order valence-corrected chi connectivity index (χ4v) is 3.06. The number of pyridine rings is 1. The van der Waals surface area contributed by atoms with E-state index in [0.29, 0.717) is 0 Å². The number of imidazole rings is 1. The largest absolute Gasteiger partial charge is 0.394 e. The van der Waals surface area contributed by atoms with Gasteiger partial charge in [0.2, 0.25) is 0 Å². The van der Waals surface area contributed by atoms with Gasteiger partial charge in [0.15, 0.2) is 6.23 Å². The molecule has 1 aliphatic heterocycles. The van der Waals surface area contributed by atoms with Crippen LogP contribution in [-0.2, 0) is 4.74 Å². The summed E-state index contributed by atoms with van der Waals surface area (Å²) in [6, 6.07) is 9.61.